The van der Waals surface area contributed by atoms with Crippen molar-refractivity contribution >= 4 is 21.6 Å². The Morgan fingerprint density at radius 1 is 1.67 bits per heavy atom. The molecule has 0 fully saturated rings. The van der Waals surface area contributed by atoms with Gasteiger partial charge in [-0.3, -0.25) is 0 Å². The number of hydrogen-bond donors (Lipinski definition) is 0. The molecule has 0 bridgehead atoms. The molecule has 0 atom stereocenters. The van der Waals surface area contributed by atoms with Crippen molar-refractivity contribution in [1.29, 1.82) is 0 Å². The summed E-state index contributed by atoms with van der Waals surface area (Å²) in [6.45, 7) is 0. The van der Waals surface area contributed by atoms with Crippen molar-refractivity contribution in [3.8, 4) is 0 Å². The van der Waals surface area contributed by atoms with Crippen molar-refractivity contribution in [1.82, 2.24) is 0 Å². The van der Waals surface area contributed by atoms with Crippen LogP contribution in [0.25, 0.3) is 0 Å². The Hall–Kier alpha value is 1.04. The van der Waals surface area contributed by atoms with Gasteiger partial charge < -0.3 is 1.43 Å². The molecule has 0 N–H and O–H groups in total. The fourth-order valence-electron chi connectivity index (χ4n) is 0.196. The predicted molar refractivity (Wildman–Crippen MR) is 30.3 cm³/mol. The Balaban J connectivity index is 0. The molecule has 0 nitrogen and oxygen atoms in total. The second kappa shape index (κ2) is 4.20. The third-order valence-corrected chi connectivity index (χ3v) is 2.30. The average molecular weight is 112 g/mol. The maximum absolute atomic E-state index is 2.16. The minimum absolute atomic E-state index is 0. The van der Waals surface area contributed by atoms with E-state index in [1.165, 1.54) is 5.75 Å². The fourth-order valence-corrected chi connectivity index (χ4v) is 1.77. The first-order valence-electron chi connectivity index (χ1n) is 1.43. The van der Waals surface area contributed by atoms with Crippen LogP contribution in [0.2, 0.25) is 0 Å². The van der Waals surface area contributed by atoms with Gasteiger partial charge in [0.05, 0.1) is 0 Å². The van der Waals surface area contributed by atoms with Crippen LogP contribution in [0.4, 0.5) is 0 Å². The summed E-state index contributed by atoms with van der Waals surface area (Å²) in [7, 11) is 3.69. The van der Waals surface area contributed by atoms with Gasteiger partial charge >= 0.3 is 18.9 Å². The van der Waals surface area contributed by atoms with Crippen LogP contribution in [0.15, 0.2) is 11.5 Å². The zero-order valence-corrected chi connectivity index (χ0v) is 5.31. The van der Waals surface area contributed by atoms with E-state index >= 15 is 0 Å². The first-order chi connectivity index (χ1) is 2.50. The van der Waals surface area contributed by atoms with E-state index in [1.54, 1.807) is 0 Å². The summed E-state index contributed by atoms with van der Waals surface area (Å²) < 4.78 is 0. The summed E-state index contributed by atoms with van der Waals surface area (Å²) in [5.74, 6) is 1.20. The number of hydrogen-bond acceptors (Lipinski definition) is 2. The van der Waals surface area contributed by atoms with E-state index in [2.05, 4.69) is 11.5 Å². The van der Waals surface area contributed by atoms with Gasteiger partial charge in [0.15, 0.2) is 0 Å². The van der Waals surface area contributed by atoms with Crippen molar-refractivity contribution in [2.24, 2.45) is 0 Å². The summed E-state index contributed by atoms with van der Waals surface area (Å²) in [6, 6.07) is 0. The SMILES string of the molecule is C1=CSSC1.[H-].[Li+]. The Morgan fingerprint density at radius 2 is 2.50 bits per heavy atom. The van der Waals surface area contributed by atoms with Crippen LogP contribution in [-0.2, 0) is 0 Å². The van der Waals surface area contributed by atoms with Crippen LogP contribution >= 0.6 is 21.6 Å². The fraction of sp³-hybridized carbons (Fsp3) is 0.333. The van der Waals surface area contributed by atoms with Crippen molar-refractivity contribution in [2.75, 3.05) is 5.75 Å². The average Bonchev–Trinajstić information content (AvgIpc) is 1.76. The second-order valence-electron chi connectivity index (χ2n) is 0.753. The molecule has 6 heavy (non-hydrogen) atoms. The summed E-state index contributed by atoms with van der Waals surface area (Å²) in [4.78, 5) is 0. The molecule has 0 aromatic rings. The Bertz CT molecular complexity index is 50.9. The molecule has 0 amide bonds. The Labute approximate surface area is 59.2 Å². The molecule has 1 rings (SSSR count). The van der Waals surface area contributed by atoms with Gasteiger partial charge in [-0.2, -0.15) is 0 Å². The molecule has 0 aromatic carbocycles. The minimum atomic E-state index is 0. The van der Waals surface area contributed by atoms with E-state index in [0.717, 1.165) is 0 Å². The van der Waals surface area contributed by atoms with Crippen LogP contribution in [0.5, 0.6) is 0 Å². The van der Waals surface area contributed by atoms with Crippen LogP contribution < -0.4 is 18.9 Å². The zero-order valence-electron chi connectivity index (χ0n) is 4.68. The van der Waals surface area contributed by atoms with Gasteiger partial charge in [-0.05, 0) is 5.41 Å². The van der Waals surface area contributed by atoms with E-state index in [-0.39, 0.29) is 20.3 Å². The van der Waals surface area contributed by atoms with Crippen molar-refractivity contribution in [2.45, 2.75) is 0 Å². The largest absolute Gasteiger partial charge is 1.00 e. The van der Waals surface area contributed by atoms with E-state index in [1.807, 2.05) is 21.6 Å². The quantitative estimate of drug-likeness (QED) is 0.291. The van der Waals surface area contributed by atoms with E-state index in [9.17, 15) is 0 Å². The van der Waals surface area contributed by atoms with Crippen LogP contribution in [0.3, 0.4) is 0 Å². The van der Waals surface area contributed by atoms with Gasteiger partial charge in [-0.1, -0.05) is 27.7 Å². The summed E-state index contributed by atoms with van der Waals surface area (Å²) in [5.41, 5.74) is 0. The second-order valence-corrected chi connectivity index (χ2v) is 3.07. The van der Waals surface area contributed by atoms with E-state index < -0.39 is 0 Å². The summed E-state index contributed by atoms with van der Waals surface area (Å²) in [5, 5.41) is 2.12. The van der Waals surface area contributed by atoms with Gasteiger partial charge in [0.2, 0.25) is 0 Å². The van der Waals surface area contributed by atoms with Crippen LogP contribution in [0, 0.1) is 0 Å². The van der Waals surface area contributed by atoms with Crippen LogP contribution in [0.1, 0.15) is 1.43 Å². The third-order valence-electron chi connectivity index (χ3n) is 0.384. The monoisotopic (exact) mass is 112 g/mol. The van der Waals surface area contributed by atoms with Crippen molar-refractivity contribution in [3.05, 3.63) is 11.5 Å². The molecule has 1 aliphatic rings. The molecule has 0 aliphatic carbocycles. The Morgan fingerprint density at radius 3 is 2.67 bits per heavy atom. The normalized spacial score (nSPS) is 17.3. The summed E-state index contributed by atoms with van der Waals surface area (Å²) in [6.07, 6.45) is 2.16. The molecule has 0 saturated carbocycles. The van der Waals surface area contributed by atoms with Gasteiger partial charge in [0.1, 0.15) is 0 Å². The molecule has 1 heterocycles. The molecule has 0 unspecified atom stereocenters. The molecular formula is C3H5LiS2. The third kappa shape index (κ3) is 2.25. The molecule has 3 heteroatoms. The van der Waals surface area contributed by atoms with Crippen molar-refractivity contribution < 1.29 is 20.3 Å². The molecule has 0 aromatic heterocycles. The van der Waals surface area contributed by atoms with E-state index in [0.29, 0.717) is 0 Å². The van der Waals surface area contributed by atoms with Gasteiger partial charge in [0.25, 0.3) is 0 Å². The predicted octanol–water partition coefficient (Wildman–Crippen LogP) is -0.988. The molecular weight excluding hydrogens is 107 g/mol. The maximum atomic E-state index is 2.16. The Kier molecular flexibility index (Phi) is 4.93. The maximum Gasteiger partial charge on any atom is 1.00 e. The van der Waals surface area contributed by atoms with Gasteiger partial charge in [-0.15, -0.1) is 0 Å². The minimum Gasteiger partial charge on any atom is -1.00 e. The first kappa shape index (κ1) is 7.04. The molecule has 1 aliphatic heterocycles. The van der Waals surface area contributed by atoms with Crippen LogP contribution in [-0.4, -0.2) is 5.75 Å². The molecule has 0 radical (unpaired) electrons. The van der Waals surface area contributed by atoms with Gasteiger partial charge in [0, 0.05) is 5.75 Å². The standard InChI is InChI=1S/C3H4S2.Li.H/c1-2-4-5-3-1;;/h1-2H,3H2;;/q;+1;-1. The van der Waals surface area contributed by atoms with Gasteiger partial charge in [-0.25, -0.2) is 0 Å². The summed E-state index contributed by atoms with van der Waals surface area (Å²) >= 11 is 0. The topological polar surface area (TPSA) is 0 Å². The first-order valence-corrected chi connectivity index (χ1v) is 3.81. The van der Waals surface area contributed by atoms with Crippen molar-refractivity contribution in [3.63, 3.8) is 0 Å². The zero-order chi connectivity index (χ0) is 3.54. The number of rotatable bonds is 0. The smallest absolute Gasteiger partial charge is 1.00 e. The molecule has 30 valence electrons. The van der Waals surface area contributed by atoms with E-state index in [4.69, 9.17) is 0 Å². The molecule has 0 saturated heterocycles. The molecule has 0 spiro atoms.